The van der Waals surface area contributed by atoms with Crippen LogP contribution in [-0.4, -0.2) is 12.7 Å². The first-order valence-electron chi connectivity index (χ1n) is 4.95. The van der Waals surface area contributed by atoms with Gasteiger partial charge in [-0.25, -0.2) is 4.39 Å². The van der Waals surface area contributed by atoms with Crippen molar-refractivity contribution in [1.29, 1.82) is 0 Å². The van der Waals surface area contributed by atoms with E-state index >= 15 is 0 Å². The van der Waals surface area contributed by atoms with Crippen LogP contribution in [0.2, 0.25) is 0 Å². The second-order valence-electron chi connectivity index (χ2n) is 3.67. The molecule has 0 saturated heterocycles. The molecule has 90 valence electrons. The van der Waals surface area contributed by atoms with Gasteiger partial charge in [-0.05, 0) is 18.2 Å². The lowest BCUT2D eigenvalue weighted by molar-refractivity contribution is -0.0505. The van der Waals surface area contributed by atoms with Crippen LogP contribution >= 0.6 is 0 Å². The van der Waals surface area contributed by atoms with E-state index in [-0.39, 0.29) is 18.3 Å². The molecular weight excluding hydrogens is 219 g/mol. The van der Waals surface area contributed by atoms with Gasteiger partial charge >= 0.3 is 6.61 Å². The van der Waals surface area contributed by atoms with Crippen molar-refractivity contribution in [3.8, 4) is 5.75 Å². The average molecular weight is 233 g/mol. The Morgan fingerprint density at radius 1 is 1.31 bits per heavy atom. The van der Waals surface area contributed by atoms with Crippen molar-refractivity contribution in [2.75, 3.05) is 0 Å². The lowest BCUT2D eigenvalue weighted by atomic mass is 10.2. The van der Waals surface area contributed by atoms with E-state index in [1.807, 2.05) is 13.8 Å². The minimum Gasteiger partial charge on any atom is -0.434 e. The van der Waals surface area contributed by atoms with E-state index in [0.717, 1.165) is 6.07 Å². The third-order valence-electron chi connectivity index (χ3n) is 1.94. The maximum atomic E-state index is 12.9. The molecular formula is C11H14F3NO. The van der Waals surface area contributed by atoms with Crippen LogP contribution < -0.4 is 10.1 Å². The molecule has 0 aliphatic rings. The Hall–Kier alpha value is -1.23. The molecule has 1 rings (SSSR count). The Balaban J connectivity index is 2.81. The van der Waals surface area contributed by atoms with Crippen LogP contribution in [0, 0.1) is 5.82 Å². The van der Waals surface area contributed by atoms with Gasteiger partial charge in [0.1, 0.15) is 11.6 Å². The maximum Gasteiger partial charge on any atom is 0.387 e. The smallest absolute Gasteiger partial charge is 0.387 e. The maximum absolute atomic E-state index is 12.9. The summed E-state index contributed by atoms with van der Waals surface area (Å²) in [7, 11) is 0. The van der Waals surface area contributed by atoms with E-state index in [2.05, 4.69) is 10.1 Å². The predicted molar refractivity (Wildman–Crippen MR) is 55.0 cm³/mol. The minimum atomic E-state index is -2.90. The van der Waals surface area contributed by atoms with E-state index in [4.69, 9.17) is 0 Å². The Morgan fingerprint density at radius 2 is 2.00 bits per heavy atom. The summed E-state index contributed by atoms with van der Waals surface area (Å²) in [6.07, 6.45) is 0. The summed E-state index contributed by atoms with van der Waals surface area (Å²) in [6.45, 7) is 1.21. The zero-order valence-electron chi connectivity index (χ0n) is 9.14. The molecule has 0 unspecified atom stereocenters. The second kappa shape index (κ2) is 5.75. The number of alkyl halides is 2. The molecule has 0 aliphatic heterocycles. The fraction of sp³-hybridized carbons (Fsp3) is 0.455. The molecule has 1 aromatic carbocycles. The predicted octanol–water partition coefficient (Wildman–Crippen LogP) is 2.93. The SMILES string of the molecule is CC(C)NCc1cc(F)ccc1OC(F)F. The van der Waals surface area contributed by atoms with Gasteiger partial charge in [0.15, 0.2) is 0 Å². The molecule has 0 bridgehead atoms. The molecule has 0 amide bonds. The van der Waals surface area contributed by atoms with Crippen molar-refractivity contribution in [3.05, 3.63) is 29.6 Å². The molecule has 1 aromatic rings. The van der Waals surface area contributed by atoms with E-state index in [9.17, 15) is 13.2 Å². The van der Waals surface area contributed by atoms with Crippen LogP contribution in [0.5, 0.6) is 5.75 Å². The van der Waals surface area contributed by atoms with E-state index < -0.39 is 12.4 Å². The van der Waals surface area contributed by atoms with Crippen LogP contribution in [0.4, 0.5) is 13.2 Å². The molecule has 0 atom stereocenters. The largest absolute Gasteiger partial charge is 0.434 e. The molecule has 0 spiro atoms. The van der Waals surface area contributed by atoms with Gasteiger partial charge < -0.3 is 10.1 Å². The normalized spacial score (nSPS) is 11.2. The molecule has 0 radical (unpaired) electrons. The third kappa shape index (κ3) is 4.10. The van der Waals surface area contributed by atoms with Crippen LogP contribution in [-0.2, 0) is 6.54 Å². The zero-order valence-corrected chi connectivity index (χ0v) is 9.14. The summed E-state index contributed by atoms with van der Waals surface area (Å²) < 4.78 is 41.4. The number of halogens is 3. The van der Waals surface area contributed by atoms with Gasteiger partial charge in [0.25, 0.3) is 0 Å². The summed E-state index contributed by atoms with van der Waals surface area (Å²) in [5.74, 6) is -0.466. The lowest BCUT2D eigenvalue weighted by Crippen LogP contribution is -2.22. The first-order chi connectivity index (χ1) is 7.49. The van der Waals surface area contributed by atoms with Gasteiger partial charge in [-0.1, -0.05) is 13.8 Å². The van der Waals surface area contributed by atoms with Crippen LogP contribution in [0.3, 0.4) is 0 Å². The summed E-state index contributed by atoms with van der Waals surface area (Å²) in [5.41, 5.74) is 0.383. The zero-order chi connectivity index (χ0) is 12.1. The number of rotatable bonds is 5. The summed E-state index contributed by atoms with van der Waals surface area (Å²) in [5, 5.41) is 3.01. The first kappa shape index (κ1) is 12.8. The Bertz CT molecular complexity index is 342. The van der Waals surface area contributed by atoms with Gasteiger partial charge in [-0.3, -0.25) is 0 Å². The van der Waals surface area contributed by atoms with Gasteiger partial charge in [0.05, 0.1) is 0 Å². The van der Waals surface area contributed by atoms with Crippen LogP contribution in [0.1, 0.15) is 19.4 Å². The van der Waals surface area contributed by atoms with Crippen molar-refractivity contribution in [3.63, 3.8) is 0 Å². The van der Waals surface area contributed by atoms with Crippen molar-refractivity contribution >= 4 is 0 Å². The molecule has 0 heterocycles. The van der Waals surface area contributed by atoms with Crippen LogP contribution in [0.15, 0.2) is 18.2 Å². The van der Waals surface area contributed by atoms with Gasteiger partial charge in [0.2, 0.25) is 0 Å². The van der Waals surface area contributed by atoms with Crippen molar-refractivity contribution in [1.82, 2.24) is 5.32 Å². The average Bonchev–Trinajstić information content (AvgIpc) is 2.17. The summed E-state index contributed by atoms with van der Waals surface area (Å²) in [6, 6.07) is 3.67. The van der Waals surface area contributed by atoms with Gasteiger partial charge in [-0.15, -0.1) is 0 Å². The van der Waals surface area contributed by atoms with E-state index in [1.54, 1.807) is 0 Å². The first-order valence-corrected chi connectivity index (χ1v) is 4.95. The number of benzene rings is 1. The highest BCUT2D eigenvalue weighted by Gasteiger charge is 2.10. The van der Waals surface area contributed by atoms with Crippen molar-refractivity contribution in [2.24, 2.45) is 0 Å². The van der Waals surface area contributed by atoms with Gasteiger partial charge in [0, 0.05) is 18.2 Å². The van der Waals surface area contributed by atoms with E-state index in [1.165, 1.54) is 12.1 Å². The molecule has 0 saturated carbocycles. The summed E-state index contributed by atoms with van der Waals surface area (Å²) >= 11 is 0. The highest BCUT2D eigenvalue weighted by molar-refractivity contribution is 5.34. The molecule has 1 N–H and O–H groups in total. The lowest BCUT2D eigenvalue weighted by Gasteiger charge is -2.13. The third-order valence-corrected chi connectivity index (χ3v) is 1.94. The Kier molecular flexibility index (Phi) is 4.61. The highest BCUT2D eigenvalue weighted by atomic mass is 19.3. The quantitative estimate of drug-likeness (QED) is 0.844. The molecule has 0 fully saturated rings. The van der Waals surface area contributed by atoms with E-state index in [0.29, 0.717) is 5.56 Å². The minimum absolute atomic E-state index is 0.00421. The molecule has 2 nitrogen and oxygen atoms in total. The molecule has 0 aromatic heterocycles. The fourth-order valence-corrected chi connectivity index (χ4v) is 1.21. The number of nitrogens with one attached hydrogen (secondary N) is 1. The number of hydrogen-bond acceptors (Lipinski definition) is 2. The Morgan fingerprint density at radius 3 is 2.56 bits per heavy atom. The number of ether oxygens (including phenoxy) is 1. The number of hydrogen-bond donors (Lipinski definition) is 1. The standard InChI is InChI=1S/C11H14F3NO/c1-7(2)15-6-8-5-9(12)3-4-10(8)16-11(13)14/h3-5,7,11,15H,6H2,1-2H3. The van der Waals surface area contributed by atoms with Crippen molar-refractivity contribution < 1.29 is 17.9 Å². The molecule has 16 heavy (non-hydrogen) atoms. The van der Waals surface area contributed by atoms with Gasteiger partial charge in [-0.2, -0.15) is 8.78 Å². The Labute approximate surface area is 92.4 Å². The molecule has 0 aliphatic carbocycles. The second-order valence-corrected chi connectivity index (χ2v) is 3.67. The van der Waals surface area contributed by atoms with Crippen molar-refractivity contribution in [2.45, 2.75) is 33.0 Å². The fourth-order valence-electron chi connectivity index (χ4n) is 1.21. The monoisotopic (exact) mass is 233 g/mol. The topological polar surface area (TPSA) is 21.3 Å². The van der Waals surface area contributed by atoms with Crippen LogP contribution in [0.25, 0.3) is 0 Å². The summed E-state index contributed by atoms with van der Waals surface area (Å²) in [4.78, 5) is 0. The highest BCUT2D eigenvalue weighted by Crippen LogP contribution is 2.21. The molecule has 5 heteroatoms.